The highest BCUT2D eigenvalue weighted by Crippen LogP contribution is 2.27. The molecule has 0 bridgehead atoms. The third-order valence-corrected chi connectivity index (χ3v) is 4.15. The third-order valence-electron chi connectivity index (χ3n) is 4.15. The Kier molecular flexibility index (Phi) is 4.47. The van der Waals surface area contributed by atoms with Gasteiger partial charge in [0.15, 0.2) is 0 Å². The minimum Gasteiger partial charge on any atom is -0.457 e. The average molecular weight is 346 g/mol. The Morgan fingerprint density at radius 2 is 1.62 bits per heavy atom. The molecule has 26 heavy (non-hydrogen) atoms. The number of rotatable bonds is 5. The normalized spacial score (nSPS) is 16.5. The van der Waals surface area contributed by atoms with Gasteiger partial charge >= 0.3 is 0 Å². The summed E-state index contributed by atoms with van der Waals surface area (Å²) in [6.07, 6.45) is 3.77. The van der Waals surface area contributed by atoms with Crippen LogP contribution in [0.2, 0.25) is 0 Å². The first-order chi connectivity index (χ1) is 12.8. The number of hydrogen-bond donors (Lipinski definition) is 1. The molecule has 1 aliphatic heterocycles. The van der Waals surface area contributed by atoms with Crippen LogP contribution in [0, 0.1) is 0 Å². The number of aromatic nitrogens is 2. The topological polar surface area (TPSA) is 67.4 Å². The number of nitrogens with zero attached hydrogens (tertiary/aromatic N) is 3. The Morgan fingerprint density at radius 3 is 2.35 bits per heavy atom. The molecule has 1 atom stereocenters. The summed E-state index contributed by atoms with van der Waals surface area (Å²) in [7, 11) is 0. The van der Waals surface area contributed by atoms with Crippen LogP contribution in [0.1, 0.15) is 6.42 Å². The lowest BCUT2D eigenvalue weighted by Crippen LogP contribution is -2.28. The molecule has 0 radical (unpaired) electrons. The summed E-state index contributed by atoms with van der Waals surface area (Å²) in [6, 6.07) is 18.9. The van der Waals surface area contributed by atoms with Crippen molar-refractivity contribution >= 4 is 17.5 Å². The lowest BCUT2D eigenvalue weighted by molar-refractivity contribution is -0.117. The van der Waals surface area contributed by atoms with E-state index in [0.717, 1.165) is 17.2 Å². The monoisotopic (exact) mass is 346 g/mol. The Bertz CT molecular complexity index is 869. The number of nitrogens with one attached hydrogen (secondary N) is 1. The zero-order chi connectivity index (χ0) is 17.8. The molecular formula is C20H18N4O2. The number of carbonyl (C=O) groups is 1. The fourth-order valence-corrected chi connectivity index (χ4v) is 2.93. The fraction of sp³-hybridized carbons (Fsp3) is 0.150. The summed E-state index contributed by atoms with van der Waals surface area (Å²) in [5.41, 5.74) is 0.855. The molecule has 2 heterocycles. The second kappa shape index (κ2) is 7.23. The van der Waals surface area contributed by atoms with Gasteiger partial charge in [-0.3, -0.25) is 4.79 Å². The van der Waals surface area contributed by atoms with E-state index in [0.29, 0.717) is 18.9 Å². The number of benzene rings is 2. The van der Waals surface area contributed by atoms with Gasteiger partial charge in [-0.15, -0.1) is 0 Å². The van der Waals surface area contributed by atoms with Gasteiger partial charge in [0.25, 0.3) is 0 Å². The second-order valence-corrected chi connectivity index (χ2v) is 6.03. The van der Waals surface area contributed by atoms with E-state index < -0.39 is 0 Å². The summed E-state index contributed by atoms with van der Waals surface area (Å²) in [5.74, 6) is 2.14. The maximum absolute atomic E-state index is 12.4. The summed E-state index contributed by atoms with van der Waals surface area (Å²) in [5, 5.41) is 3.21. The van der Waals surface area contributed by atoms with E-state index in [9.17, 15) is 4.79 Å². The first kappa shape index (κ1) is 16.1. The standard InChI is InChI=1S/C20H18N4O2/c25-19-13-15(23-20-21-11-4-12-22-20)14-24(19)16-7-9-18(10-8-16)26-17-5-2-1-3-6-17/h1-12,15H,13-14H2,(H,21,22,23)/t15-/m0/s1. The summed E-state index contributed by atoms with van der Waals surface area (Å²) < 4.78 is 5.79. The Morgan fingerprint density at radius 1 is 0.923 bits per heavy atom. The van der Waals surface area contributed by atoms with Crippen LogP contribution in [0.4, 0.5) is 11.6 Å². The Hall–Kier alpha value is -3.41. The molecule has 1 fully saturated rings. The van der Waals surface area contributed by atoms with Crippen molar-refractivity contribution in [2.24, 2.45) is 0 Å². The zero-order valence-electron chi connectivity index (χ0n) is 14.1. The van der Waals surface area contributed by atoms with E-state index in [1.807, 2.05) is 54.6 Å². The van der Waals surface area contributed by atoms with Crippen LogP contribution in [-0.4, -0.2) is 28.5 Å². The van der Waals surface area contributed by atoms with Gasteiger partial charge in [0.2, 0.25) is 11.9 Å². The van der Waals surface area contributed by atoms with E-state index in [2.05, 4.69) is 15.3 Å². The zero-order valence-corrected chi connectivity index (χ0v) is 14.1. The number of carbonyl (C=O) groups excluding carboxylic acids is 1. The van der Waals surface area contributed by atoms with E-state index in [4.69, 9.17) is 4.74 Å². The second-order valence-electron chi connectivity index (χ2n) is 6.03. The minimum atomic E-state index is -0.00912. The molecule has 130 valence electrons. The number of amides is 1. The predicted octanol–water partition coefficient (Wildman–Crippen LogP) is 3.49. The lowest BCUT2D eigenvalue weighted by Gasteiger charge is -2.17. The molecule has 0 unspecified atom stereocenters. The summed E-state index contributed by atoms with van der Waals surface area (Å²) in [4.78, 5) is 22.4. The van der Waals surface area contributed by atoms with Crippen LogP contribution in [0.25, 0.3) is 0 Å². The first-order valence-electron chi connectivity index (χ1n) is 8.45. The molecule has 1 N–H and O–H groups in total. The van der Waals surface area contributed by atoms with Crippen LogP contribution >= 0.6 is 0 Å². The van der Waals surface area contributed by atoms with E-state index in [-0.39, 0.29) is 11.9 Å². The maximum atomic E-state index is 12.4. The van der Waals surface area contributed by atoms with Crippen molar-refractivity contribution in [3.63, 3.8) is 0 Å². The molecule has 6 heteroatoms. The van der Waals surface area contributed by atoms with Crippen molar-refractivity contribution in [3.05, 3.63) is 73.1 Å². The molecule has 1 saturated heterocycles. The van der Waals surface area contributed by atoms with Crippen molar-refractivity contribution in [3.8, 4) is 11.5 Å². The number of hydrogen-bond acceptors (Lipinski definition) is 5. The van der Waals surface area contributed by atoms with E-state index >= 15 is 0 Å². The predicted molar refractivity (Wildman–Crippen MR) is 99.4 cm³/mol. The fourth-order valence-electron chi connectivity index (χ4n) is 2.93. The van der Waals surface area contributed by atoms with Crippen LogP contribution in [-0.2, 0) is 4.79 Å². The van der Waals surface area contributed by atoms with Crippen molar-refractivity contribution in [1.29, 1.82) is 0 Å². The first-order valence-corrected chi connectivity index (χ1v) is 8.45. The van der Waals surface area contributed by atoms with Gasteiger partial charge in [0.1, 0.15) is 11.5 Å². The number of ether oxygens (including phenoxy) is 1. The van der Waals surface area contributed by atoms with Crippen molar-refractivity contribution in [1.82, 2.24) is 9.97 Å². The third kappa shape index (κ3) is 3.64. The molecule has 1 aromatic heterocycles. The molecule has 3 aromatic rings. The van der Waals surface area contributed by atoms with Crippen molar-refractivity contribution < 1.29 is 9.53 Å². The van der Waals surface area contributed by atoms with Gasteiger partial charge in [0.05, 0.1) is 6.04 Å². The summed E-state index contributed by atoms with van der Waals surface area (Å²) in [6.45, 7) is 0.579. The molecule has 1 aliphatic rings. The summed E-state index contributed by atoms with van der Waals surface area (Å²) >= 11 is 0. The maximum Gasteiger partial charge on any atom is 0.229 e. The molecule has 1 amide bonds. The number of anilines is 2. The van der Waals surface area contributed by atoms with E-state index in [1.165, 1.54) is 0 Å². The molecule has 4 rings (SSSR count). The van der Waals surface area contributed by atoms with Gasteiger partial charge in [-0.05, 0) is 42.5 Å². The van der Waals surface area contributed by atoms with Gasteiger partial charge in [-0.25, -0.2) is 9.97 Å². The van der Waals surface area contributed by atoms with Crippen molar-refractivity contribution in [2.75, 3.05) is 16.8 Å². The van der Waals surface area contributed by atoms with Gasteiger partial charge < -0.3 is 15.0 Å². The van der Waals surface area contributed by atoms with Crippen LogP contribution < -0.4 is 15.0 Å². The Balaban J connectivity index is 1.41. The molecule has 0 spiro atoms. The van der Waals surface area contributed by atoms with Gasteiger partial charge in [-0.2, -0.15) is 0 Å². The average Bonchev–Trinajstić information content (AvgIpc) is 3.04. The van der Waals surface area contributed by atoms with Crippen LogP contribution in [0.5, 0.6) is 11.5 Å². The highest BCUT2D eigenvalue weighted by Gasteiger charge is 2.30. The SMILES string of the molecule is O=C1C[C@H](Nc2ncccn2)CN1c1ccc(Oc2ccccc2)cc1. The van der Waals surface area contributed by atoms with Gasteiger partial charge in [-0.1, -0.05) is 18.2 Å². The van der Waals surface area contributed by atoms with E-state index in [1.54, 1.807) is 23.4 Å². The largest absolute Gasteiger partial charge is 0.457 e. The lowest BCUT2D eigenvalue weighted by atomic mass is 10.2. The molecule has 0 saturated carbocycles. The quantitative estimate of drug-likeness (QED) is 0.766. The van der Waals surface area contributed by atoms with Crippen molar-refractivity contribution in [2.45, 2.75) is 12.5 Å². The molecule has 0 aliphatic carbocycles. The van der Waals surface area contributed by atoms with Gasteiger partial charge in [0, 0.05) is 31.0 Å². The minimum absolute atomic E-state index is 0.00912. The van der Waals surface area contributed by atoms with Crippen LogP contribution in [0.15, 0.2) is 73.1 Å². The smallest absolute Gasteiger partial charge is 0.229 e. The highest BCUT2D eigenvalue weighted by atomic mass is 16.5. The molecule has 2 aromatic carbocycles. The molecular weight excluding hydrogens is 328 g/mol. The van der Waals surface area contributed by atoms with Crippen LogP contribution in [0.3, 0.4) is 0 Å². The number of para-hydroxylation sites is 1. The highest BCUT2D eigenvalue weighted by molar-refractivity contribution is 5.96. The Labute approximate surface area is 151 Å². The molecule has 6 nitrogen and oxygen atoms in total.